The predicted molar refractivity (Wildman–Crippen MR) is 101 cm³/mol. The third kappa shape index (κ3) is 3.64. The Morgan fingerprint density at radius 2 is 1.93 bits per heavy atom. The largest absolute Gasteiger partial charge is 0.493 e. The summed E-state index contributed by atoms with van der Waals surface area (Å²) >= 11 is 0. The molecule has 1 N–H and O–H groups in total. The molecule has 0 saturated carbocycles. The molecule has 2 aromatic heterocycles. The minimum Gasteiger partial charge on any atom is -0.493 e. The average molecular weight is 370 g/mol. The zero-order valence-electron chi connectivity index (χ0n) is 15.8. The van der Waals surface area contributed by atoms with Crippen molar-refractivity contribution in [1.82, 2.24) is 19.4 Å². The maximum atomic E-state index is 12.9. The lowest BCUT2D eigenvalue weighted by molar-refractivity contribution is -0.121. The quantitative estimate of drug-likeness (QED) is 0.708. The molecule has 142 valence electrons. The molecule has 0 saturated heterocycles. The second kappa shape index (κ2) is 7.53. The van der Waals surface area contributed by atoms with Crippen LogP contribution in [0.5, 0.6) is 11.5 Å². The first-order chi connectivity index (χ1) is 12.9. The van der Waals surface area contributed by atoms with E-state index in [1.165, 1.54) is 18.8 Å². The van der Waals surface area contributed by atoms with E-state index in [2.05, 4.69) is 10.3 Å². The van der Waals surface area contributed by atoms with Gasteiger partial charge < -0.3 is 19.4 Å². The van der Waals surface area contributed by atoms with Crippen LogP contribution in [0.2, 0.25) is 0 Å². The van der Waals surface area contributed by atoms with Crippen LogP contribution in [0.15, 0.2) is 35.3 Å². The molecule has 27 heavy (non-hydrogen) atoms. The molecule has 0 unspecified atom stereocenters. The van der Waals surface area contributed by atoms with Crippen LogP contribution in [0, 0.1) is 6.92 Å². The first kappa shape index (κ1) is 18.5. The zero-order chi connectivity index (χ0) is 19.6. The molecule has 0 radical (unpaired) electrons. The number of nitrogens with zero attached hydrogens (tertiary/aromatic N) is 3. The number of benzene rings is 1. The van der Waals surface area contributed by atoms with Crippen LogP contribution in [0.1, 0.15) is 11.5 Å². The monoisotopic (exact) mass is 370 g/mol. The van der Waals surface area contributed by atoms with Gasteiger partial charge in [-0.05, 0) is 25.1 Å². The van der Waals surface area contributed by atoms with Gasteiger partial charge in [-0.3, -0.25) is 14.2 Å². The molecule has 2 heterocycles. The summed E-state index contributed by atoms with van der Waals surface area (Å²) in [6, 6.07) is 7.07. The van der Waals surface area contributed by atoms with Crippen molar-refractivity contribution >= 4 is 16.8 Å². The van der Waals surface area contributed by atoms with Crippen LogP contribution in [-0.2, 0) is 24.9 Å². The van der Waals surface area contributed by atoms with Crippen LogP contribution < -0.4 is 20.3 Å². The van der Waals surface area contributed by atoms with E-state index in [1.54, 1.807) is 19.1 Å². The van der Waals surface area contributed by atoms with E-state index in [0.717, 1.165) is 5.69 Å². The first-order valence-corrected chi connectivity index (χ1v) is 8.44. The van der Waals surface area contributed by atoms with Gasteiger partial charge in [0.15, 0.2) is 11.5 Å². The lowest BCUT2D eigenvalue weighted by Crippen LogP contribution is -2.34. The Labute approximate surface area is 156 Å². The number of ether oxygens (including phenoxy) is 2. The number of rotatable bonds is 6. The summed E-state index contributed by atoms with van der Waals surface area (Å²) in [5.41, 5.74) is 1.17. The molecule has 3 aromatic rings. The maximum Gasteiger partial charge on any atom is 0.262 e. The SMILES string of the molecule is COc1cc2nc(C)n(CC(=O)NCc3cccn3C)c(=O)c2cc1OC. The summed E-state index contributed by atoms with van der Waals surface area (Å²) in [6.45, 7) is 1.98. The molecular weight excluding hydrogens is 348 g/mol. The Balaban J connectivity index is 1.88. The van der Waals surface area contributed by atoms with Crippen molar-refractivity contribution in [3.8, 4) is 11.5 Å². The van der Waals surface area contributed by atoms with Gasteiger partial charge in [-0.25, -0.2) is 4.98 Å². The highest BCUT2D eigenvalue weighted by Crippen LogP contribution is 2.30. The molecule has 1 aromatic carbocycles. The maximum absolute atomic E-state index is 12.9. The Morgan fingerprint density at radius 1 is 1.22 bits per heavy atom. The lowest BCUT2D eigenvalue weighted by Gasteiger charge is -2.13. The average Bonchev–Trinajstić information content (AvgIpc) is 3.07. The molecule has 3 rings (SSSR count). The van der Waals surface area contributed by atoms with Gasteiger partial charge in [0.2, 0.25) is 5.91 Å². The van der Waals surface area contributed by atoms with E-state index in [9.17, 15) is 9.59 Å². The van der Waals surface area contributed by atoms with Gasteiger partial charge in [-0.2, -0.15) is 0 Å². The van der Waals surface area contributed by atoms with Crippen molar-refractivity contribution in [3.63, 3.8) is 0 Å². The number of fused-ring (bicyclic) bond motifs is 1. The highest BCUT2D eigenvalue weighted by Gasteiger charge is 2.15. The standard InChI is InChI=1S/C19H22N4O4/c1-12-21-15-9-17(27-4)16(26-3)8-14(15)19(25)23(12)11-18(24)20-10-13-6-5-7-22(13)2/h5-9H,10-11H2,1-4H3,(H,20,24). The Morgan fingerprint density at radius 3 is 2.56 bits per heavy atom. The van der Waals surface area contributed by atoms with E-state index in [-0.39, 0.29) is 18.0 Å². The molecular formula is C19H22N4O4. The van der Waals surface area contributed by atoms with Crippen molar-refractivity contribution in [3.05, 3.63) is 52.3 Å². The fourth-order valence-electron chi connectivity index (χ4n) is 2.91. The van der Waals surface area contributed by atoms with Crippen LogP contribution in [-0.4, -0.2) is 34.2 Å². The zero-order valence-corrected chi connectivity index (χ0v) is 15.8. The fraction of sp³-hybridized carbons (Fsp3) is 0.316. The highest BCUT2D eigenvalue weighted by atomic mass is 16.5. The predicted octanol–water partition coefficient (Wildman–Crippen LogP) is 1.38. The molecule has 8 heteroatoms. The van der Waals surface area contributed by atoms with Gasteiger partial charge in [0, 0.05) is 25.0 Å². The topological polar surface area (TPSA) is 87.4 Å². The molecule has 0 aliphatic rings. The number of nitrogens with one attached hydrogen (secondary N) is 1. The summed E-state index contributed by atoms with van der Waals surface area (Å²) in [4.78, 5) is 29.7. The molecule has 0 aliphatic carbocycles. The van der Waals surface area contributed by atoms with Crippen molar-refractivity contribution in [2.45, 2.75) is 20.0 Å². The van der Waals surface area contributed by atoms with Gasteiger partial charge >= 0.3 is 0 Å². The number of methoxy groups -OCH3 is 2. The smallest absolute Gasteiger partial charge is 0.262 e. The van der Waals surface area contributed by atoms with Gasteiger partial charge in [0.05, 0.1) is 31.7 Å². The number of aromatic nitrogens is 3. The third-order valence-electron chi connectivity index (χ3n) is 4.47. The molecule has 8 nitrogen and oxygen atoms in total. The molecule has 0 atom stereocenters. The van der Waals surface area contributed by atoms with E-state index < -0.39 is 0 Å². The number of hydrogen-bond acceptors (Lipinski definition) is 5. The molecule has 0 bridgehead atoms. The van der Waals surface area contributed by atoms with E-state index in [0.29, 0.717) is 34.8 Å². The van der Waals surface area contributed by atoms with Crippen LogP contribution in [0.3, 0.4) is 0 Å². The highest BCUT2D eigenvalue weighted by molar-refractivity contribution is 5.82. The normalized spacial score (nSPS) is 10.8. The first-order valence-electron chi connectivity index (χ1n) is 8.44. The summed E-state index contributed by atoms with van der Waals surface area (Å²) in [6.07, 6.45) is 1.91. The molecule has 1 amide bonds. The van der Waals surface area contributed by atoms with Crippen LogP contribution in [0.4, 0.5) is 0 Å². The second-order valence-electron chi connectivity index (χ2n) is 6.16. The van der Waals surface area contributed by atoms with Gasteiger partial charge in [-0.15, -0.1) is 0 Å². The lowest BCUT2D eigenvalue weighted by atomic mass is 10.2. The van der Waals surface area contributed by atoms with E-state index in [1.807, 2.05) is 29.9 Å². The summed E-state index contributed by atoms with van der Waals surface area (Å²) < 4.78 is 13.8. The third-order valence-corrected chi connectivity index (χ3v) is 4.47. The summed E-state index contributed by atoms with van der Waals surface area (Å²) in [5.74, 6) is 1.12. The second-order valence-corrected chi connectivity index (χ2v) is 6.16. The summed E-state index contributed by atoms with van der Waals surface area (Å²) in [5, 5.41) is 3.19. The number of aryl methyl sites for hydroxylation is 2. The van der Waals surface area contributed by atoms with E-state index >= 15 is 0 Å². The number of amides is 1. The van der Waals surface area contributed by atoms with Gasteiger partial charge in [0.25, 0.3) is 5.56 Å². The Hall–Kier alpha value is -3.29. The Bertz CT molecular complexity index is 1050. The Kier molecular flexibility index (Phi) is 5.16. The number of hydrogen-bond donors (Lipinski definition) is 1. The van der Waals surface area contributed by atoms with Crippen molar-refractivity contribution in [2.24, 2.45) is 7.05 Å². The minimum absolute atomic E-state index is 0.105. The summed E-state index contributed by atoms with van der Waals surface area (Å²) in [7, 11) is 4.93. The molecule has 0 aliphatic heterocycles. The number of carbonyl (C=O) groups is 1. The fourth-order valence-corrected chi connectivity index (χ4v) is 2.91. The van der Waals surface area contributed by atoms with E-state index in [4.69, 9.17) is 9.47 Å². The molecule has 0 fully saturated rings. The van der Waals surface area contributed by atoms with Crippen molar-refractivity contribution < 1.29 is 14.3 Å². The van der Waals surface area contributed by atoms with Crippen LogP contribution in [0.25, 0.3) is 10.9 Å². The van der Waals surface area contributed by atoms with Crippen LogP contribution >= 0.6 is 0 Å². The van der Waals surface area contributed by atoms with Crippen molar-refractivity contribution in [1.29, 1.82) is 0 Å². The molecule has 0 spiro atoms. The minimum atomic E-state index is -0.299. The van der Waals surface area contributed by atoms with Gasteiger partial charge in [0.1, 0.15) is 12.4 Å². The van der Waals surface area contributed by atoms with Gasteiger partial charge in [-0.1, -0.05) is 0 Å². The number of carbonyl (C=O) groups excluding carboxylic acids is 1. The van der Waals surface area contributed by atoms with Crippen molar-refractivity contribution in [2.75, 3.05) is 14.2 Å².